The third-order valence-electron chi connectivity index (χ3n) is 14.5. The van der Waals surface area contributed by atoms with Gasteiger partial charge in [-0.3, -0.25) is 13.8 Å². The summed E-state index contributed by atoms with van der Waals surface area (Å²) in [5, 5.41) is 86.9. The SMILES string of the molecule is CCCCCCCCCCCCCCCCCCCCC/C=C/[C@@H](O)[C@H](COP(=O)(O)O[C@@H]1[C@H](O)[C@H](O)[C@@H](O)[C@H](O)[C@H]1O[C@@H]1OC[C@@H](O)[C@@H](O)[C@@H]1O)NC(=O)CCCCCCCCCCCCCCCCC. The maximum atomic E-state index is 13.5. The fraction of sp³-hybridized carbons (Fsp3) is 0.945. The van der Waals surface area contributed by atoms with Crippen LogP contribution < -0.4 is 5.32 Å². The molecule has 1 amide bonds. The van der Waals surface area contributed by atoms with Crippen molar-refractivity contribution in [3.05, 3.63) is 12.2 Å². The summed E-state index contributed by atoms with van der Waals surface area (Å²) in [5.41, 5.74) is 0. The molecule has 0 radical (unpaired) electrons. The quantitative estimate of drug-likeness (QED) is 0.0155. The number of aliphatic hydroxyl groups is 8. The van der Waals surface area contributed by atoms with Gasteiger partial charge < -0.3 is 60.5 Å². The molecule has 72 heavy (non-hydrogen) atoms. The summed E-state index contributed by atoms with van der Waals surface area (Å²) in [5.74, 6) is -0.381. The van der Waals surface area contributed by atoms with Gasteiger partial charge in [0.2, 0.25) is 5.91 Å². The Morgan fingerprint density at radius 1 is 0.556 bits per heavy atom. The maximum Gasteiger partial charge on any atom is 0.472 e. The number of allylic oxidation sites excluding steroid dienone is 1. The first-order valence-corrected chi connectivity index (χ1v) is 30.6. The van der Waals surface area contributed by atoms with Crippen molar-refractivity contribution in [3.63, 3.8) is 0 Å². The van der Waals surface area contributed by atoms with Gasteiger partial charge in [0.1, 0.15) is 54.9 Å². The summed E-state index contributed by atoms with van der Waals surface area (Å²) in [4.78, 5) is 24.1. The number of carbonyl (C=O) groups excluding carboxylic acids is 1. The molecule has 0 bridgehead atoms. The smallest absolute Gasteiger partial charge is 0.388 e. The van der Waals surface area contributed by atoms with E-state index in [1.165, 1.54) is 173 Å². The Morgan fingerprint density at radius 2 is 0.944 bits per heavy atom. The first-order chi connectivity index (χ1) is 34.7. The Hall–Kier alpha value is -1.08. The second kappa shape index (κ2) is 42.0. The summed E-state index contributed by atoms with van der Waals surface area (Å²) in [6, 6.07) is -1.20. The van der Waals surface area contributed by atoms with Crippen molar-refractivity contribution in [2.45, 2.75) is 318 Å². The molecule has 426 valence electrons. The van der Waals surface area contributed by atoms with Crippen LogP contribution in [0.25, 0.3) is 0 Å². The molecule has 17 heteroatoms. The minimum absolute atomic E-state index is 0.171. The Kier molecular flexibility index (Phi) is 39.1. The molecule has 1 saturated heterocycles. The predicted octanol–water partition coefficient (Wildman–Crippen LogP) is 9.26. The lowest BCUT2D eigenvalue weighted by Gasteiger charge is -2.46. The van der Waals surface area contributed by atoms with E-state index in [-0.39, 0.29) is 12.3 Å². The van der Waals surface area contributed by atoms with Gasteiger partial charge in [-0.2, -0.15) is 0 Å². The van der Waals surface area contributed by atoms with E-state index < -0.39 is 94.4 Å². The van der Waals surface area contributed by atoms with E-state index >= 15 is 0 Å². The van der Waals surface area contributed by atoms with Crippen LogP contribution in [0.4, 0.5) is 0 Å². The molecule has 1 aliphatic heterocycles. The highest BCUT2D eigenvalue weighted by Gasteiger charge is 2.54. The first-order valence-electron chi connectivity index (χ1n) is 29.1. The zero-order valence-electron chi connectivity index (χ0n) is 44.9. The van der Waals surface area contributed by atoms with Gasteiger partial charge >= 0.3 is 7.82 Å². The molecule has 0 spiro atoms. The fourth-order valence-electron chi connectivity index (χ4n) is 9.75. The maximum absolute atomic E-state index is 13.5. The van der Waals surface area contributed by atoms with E-state index in [2.05, 4.69) is 19.2 Å². The van der Waals surface area contributed by atoms with E-state index in [0.29, 0.717) is 12.8 Å². The van der Waals surface area contributed by atoms with Crippen LogP contribution in [0.2, 0.25) is 0 Å². The van der Waals surface area contributed by atoms with Gasteiger partial charge in [0.15, 0.2) is 6.29 Å². The standard InChI is InChI=1S/C55H106NO15P/c1-3-5-7-9-11-13-15-17-19-20-21-22-23-24-26-27-29-31-33-35-37-39-44(57)43(56-46(59)40-38-36-34-32-30-28-25-18-16-14-12-10-8-6-4-2)41-69-72(66,67)71-54-51(64)49(62)48(61)50(63)53(54)70-55-52(65)47(60)45(58)42-68-55/h37,39,43-45,47-55,57-58,60-65H,3-36,38,40-42H2,1-2H3,(H,56,59)(H,66,67)/b39-37+/t43-,44+,45+,47+,48+,49+,50-,51+,52-,53+,54+,55-/m0/s1. The number of carbonyl (C=O) groups is 1. The number of hydrogen-bond donors (Lipinski definition) is 10. The average molecular weight is 1050 g/mol. The monoisotopic (exact) mass is 1050 g/mol. The molecule has 1 aliphatic carbocycles. The number of rotatable bonds is 46. The van der Waals surface area contributed by atoms with E-state index in [9.17, 15) is 55.1 Å². The van der Waals surface area contributed by atoms with E-state index in [4.69, 9.17) is 18.5 Å². The van der Waals surface area contributed by atoms with Crippen LogP contribution in [-0.2, 0) is 27.9 Å². The molecule has 2 aliphatic rings. The summed E-state index contributed by atoms with van der Waals surface area (Å²) >= 11 is 0. The van der Waals surface area contributed by atoms with Crippen LogP contribution >= 0.6 is 7.82 Å². The highest BCUT2D eigenvalue weighted by atomic mass is 31.2. The van der Waals surface area contributed by atoms with Crippen molar-refractivity contribution >= 4 is 13.7 Å². The molecule has 0 aromatic rings. The number of amides is 1. The van der Waals surface area contributed by atoms with Crippen LogP contribution in [0, 0.1) is 0 Å². The number of hydrogen-bond acceptors (Lipinski definition) is 14. The van der Waals surface area contributed by atoms with Crippen molar-refractivity contribution in [1.82, 2.24) is 5.32 Å². The minimum Gasteiger partial charge on any atom is -0.388 e. The highest BCUT2D eigenvalue weighted by molar-refractivity contribution is 7.47. The normalized spacial score (nSPS) is 26.5. The largest absolute Gasteiger partial charge is 0.472 e. The third-order valence-corrected chi connectivity index (χ3v) is 15.5. The number of phosphoric ester groups is 1. The molecule has 2 fully saturated rings. The number of nitrogens with one attached hydrogen (secondary N) is 1. The average Bonchev–Trinajstić information content (AvgIpc) is 3.36. The van der Waals surface area contributed by atoms with Crippen molar-refractivity contribution in [2.24, 2.45) is 0 Å². The number of unbranched alkanes of at least 4 members (excludes halogenated alkanes) is 33. The number of aliphatic hydroxyl groups excluding tert-OH is 8. The highest BCUT2D eigenvalue weighted by Crippen LogP contribution is 2.48. The molecule has 1 heterocycles. The van der Waals surface area contributed by atoms with Crippen molar-refractivity contribution in [2.75, 3.05) is 13.2 Å². The number of ether oxygens (including phenoxy) is 2. The molecule has 0 aromatic heterocycles. The van der Waals surface area contributed by atoms with Gasteiger partial charge in [-0.05, 0) is 19.3 Å². The lowest BCUT2D eigenvalue weighted by Crippen LogP contribution is -2.66. The Bertz CT molecular complexity index is 1380. The van der Waals surface area contributed by atoms with Crippen LogP contribution in [-0.4, -0.2) is 138 Å². The van der Waals surface area contributed by atoms with Crippen LogP contribution in [0.3, 0.4) is 0 Å². The van der Waals surface area contributed by atoms with E-state index in [1.807, 2.05) is 6.08 Å². The van der Waals surface area contributed by atoms with E-state index in [1.54, 1.807) is 0 Å². The van der Waals surface area contributed by atoms with Gasteiger partial charge in [0.25, 0.3) is 0 Å². The lowest BCUT2D eigenvalue weighted by atomic mass is 9.84. The summed E-state index contributed by atoms with van der Waals surface area (Å²) in [7, 11) is -5.28. The minimum atomic E-state index is -5.28. The summed E-state index contributed by atoms with van der Waals surface area (Å²) < 4.78 is 34.7. The molecule has 1 saturated carbocycles. The van der Waals surface area contributed by atoms with Gasteiger partial charge in [0, 0.05) is 6.42 Å². The lowest BCUT2D eigenvalue weighted by molar-refractivity contribution is -0.319. The molecule has 0 aromatic carbocycles. The molecule has 16 nitrogen and oxygen atoms in total. The second-order valence-corrected chi connectivity index (χ2v) is 22.5. The van der Waals surface area contributed by atoms with Crippen molar-refractivity contribution < 1.29 is 73.6 Å². The second-order valence-electron chi connectivity index (χ2n) is 21.1. The summed E-state index contributed by atoms with van der Waals surface area (Å²) in [6.07, 6.45) is 25.9. The Balaban J connectivity index is 1.85. The Labute approximate surface area is 435 Å². The molecular weight excluding hydrogens is 946 g/mol. The Morgan fingerprint density at radius 3 is 1.38 bits per heavy atom. The van der Waals surface area contributed by atoms with Gasteiger partial charge in [-0.15, -0.1) is 0 Å². The molecular formula is C55H106NO15P. The topological polar surface area (TPSA) is 265 Å². The zero-order chi connectivity index (χ0) is 52.8. The third kappa shape index (κ3) is 30.0. The number of phosphoric acid groups is 1. The molecule has 13 atom stereocenters. The summed E-state index contributed by atoms with van der Waals surface area (Å²) in [6.45, 7) is 3.27. The zero-order valence-corrected chi connectivity index (χ0v) is 45.8. The van der Waals surface area contributed by atoms with Crippen molar-refractivity contribution in [1.29, 1.82) is 0 Å². The predicted molar refractivity (Wildman–Crippen MR) is 282 cm³/mol. The van der Waals surface area contributed by atoms with Crippen LogP contribution in [0.5, 0.6) is 0 Å². The van der Waals surface area contributed by atoms with E-state index in [0.717, 1.165) is 44.9 Å². The fourth-order valence-corrected chi connectivity index (χ4v) is 10.7. The van der Waals surface area contributed by atoms with Crippen LogP contribution in [0.1, 0.15) is 245 Å². The van der Waals surface area contributed by atoms with Gasteiger partial charge in [-0.1, -0.05) is 231 Å². The molecule has 10 N–H and O–H groups in total. The van der Waals surface area contributed by atoms with Crippen molar-refractivity contribution in [3.8, 4) is 0 Å². The first kappa shape index (κ1) is 67.0. The van der Waals surface area contributed by atoms with Gasteiger partial charge in [-0.25, -0.2) is 4.57 Å². The molecule has 2 rings (SSSR count). The molecule has 1 unspecified atom stereocenters. The van der Waals surface area contributed by atoms with Crippen LogP contribution in [0.15, 0.2) is 12.2 Å². The van der Waals surface area contributed by atoms with Gasteiger partial charge in [0.05, 0.1) is 25.4 Å².